The summed E-state index contributed by atoms with van der Waals surface area (Å²) in [7, 11) is 0. The lowest BCUT2D eigenvalue weighted by atomic mass is 10.1. The van der Waals surface area contributed by atoms with Gasteiger partial charge in [0.1, 0.15) is 0 Å². The topological polar surface area (TPSA) is 74.3 Å². The molecule has 1 fully saturated rings. The van der Waals surface area contributed by atoms with Gasteiger partial charge in [0.2, 0.25) is 11.8 Å². The van der Waals surface area contributed by atoms with E-state index in [-0.39, 0.29) is 24.2 Å². The number of anilines is 2. The second-order valence-corrected chi connectivity index (χ2v) is 8.06. The Morgan fingerprint density at radius 2 is 2.07 bits per heavy atom. The van der Waals surface area contributed by atoms with Gasteiger partial charge in [-0.3, -0.25) is 9.59 Å². The van der Waals surface area contributed by atoms with Crippen LogP contribution in [0.15, 0.2) is 35.7 Å². The molecule has 1 aromatic heterocycles. The first kappa shape index (κ1) is 19.4. The molecule has 0 aliphatic carbocycles. The molecule has 1 aromatic carbocycles. The first-order chi connectivity index (χ1) is 13.0. The minimum atomic E-state index is -0.0949. The summed E-state index contributed by atoms with van der Waals surface area (Å²) in [6.45, 7) is 6.34. The van der Waals surface area contributed by atoms with Crippen molar-refractivity contribution in [1.29, 1.82) is 0 Å². The molecule has 2 heterocycles. The molecule has 144 valence electrons. The molecular formula is C20H26N4O2S. The fourth-order valence-electron chi connectivity index (χ4n) is 3.05. The van der Waals surface area contributed by atoms with E-state index in [4.69, 9.17) is 0 Å². The van der Waals surface area contributed by atoms with Crippen molar-refractivity contribution in [3.05, 3.63) is 41.4 Å². The molecule has 0 bridgehead atoms. The van der Waals surface area contributed by atoms with E-state index < -0.39 is 0 Å². The van der Waals surface area contributed by atoms with Gasteiger partial charge in [-0.1, -0.05) is 32.0 Å². The quantitative estimate of drug-likeness (QED) is 0.767. The zero-order chi connectivity index (χ0) is 19.2. The van der Waals surface area contributed by atoms with E-state index in [0.717, 1.165) is 19.5 Å². The number of benzene rings is 1. The van der Waals surface area contributed by atoms with Gasteiger partial charge in [0, 0.05) is 36.6 Å². The van der Waals surface area contributed by atoms with Crippen LogP contribution in [0.2, 0.25) is 0 Å². The van der Waals surface area contributed by atoms with Gasteiger partial charge in [0.25, 0.3) is 0 Å². The second kappa shape index (κ2) is 8.99. The summed E-state index contributed by atoms with van der Waals surface area (Å²) < 4.78 is 0. The smallest absolute Gasteiger partial charge is 0.228 e. The normalized spacial score (nSPS) is 16.6. The molecule has 1 atom stereocenters. The minimum absolute atomic E-state index is 0.0276. The van der Waals surface area contributed by atoms with Crippen LogP contribution in [0.25, 0.3) is 0 Å². The van der Waals surface area contributed by atoms with Crippen molar-refractivity contribution in [2.75, 3.05) is 29.9 Å². The highest BCUT2D eigenvalue weighted by atomic mass is 32.1. The van der Waals surface area contributed by atoms with Crippen molar-refractivity contribution < 1.29 is 9.59 Å². The number of aromatic nitrogens is 1. The second-order valence-electron chi connectivity index (χ2n) is 7.21. The Morgan fingerprint density at radius 1 is 1.30 bits per heavy atom. The largest absolute Gasteiger partial charge is 0.371 e. The van der Waals surface area contributed by atoms with E-state index in [1.807, 2.05) is 25.3 Å². The van der Waals surface area contributed by atoms with Crippen LogP contribution in [-0.2, 0) is 16.0 Å². The van der Waals surface area contributed by atoms with Crippen molar-refractivity contribution in [2.45, 2.75) is 26.7 Å². The Balaban J connectivity index is 1.41. The summed E-state index contributed by atoms with van der Waals surface area (Å²) in [5, 5.41) is 8.16. The summed E-state index contributed by atoms with van der Waals surface area (Å²) in [6.07, 6.45) is 1.32. The van der Waals surface area contributed by atoms with E-state index in [1.54, 1.807) is 0 Å². The van der Waals surface area contributed by atoms with Crippen molar-refractivity contribution in [1.82, 2.24) is 10.3 Å². The molecule has 2 amide bonds. The highest BCUT2D eigenvalue weighted by Crippen LogP contribution is 2.23. The summed E-state index contributed by atoms with van der Waals surface area (Å²) in [6, 6.07) is 10.4. The van der Waals surface area contributed by atoms with Gasteiger partial charge < -0.3 is 15.5 Å². The van der Waals surface area contributed by atoms with Gasteiger partial charge >= 0.3 is 0 Å². The molecule has 0 spiro atoms. The number of rotatable bonds is 7. The van der Waals surface area contributed by atoms with Crippen LogP contribution in [-0.4, -0.2) is 36.4 Å². The third-order valence-corrected chi connectivity index (χ3v) is 5.45. The van der Waals surface area contributed by atoms with Crippen LogP contribution in [0.3, 0.4) is 0 Å². The molecule has 0 radical (unpaired) electrons. The maximum Gasteiger partial charge on any atom is 0.228 e. The highest BCUT2D eigenvalue weighted by molar-refractivity contribution is 7.13. The first-order valence-electron chi connectivity index (χ1n) is 9.33. The van der Waals surface area contributed by atoms with Crippen LogP contribution < -0.4 is 15.5 Å². The lowest BCUT2D eigenvalue weighted by molar-refractivity contribution is -0.120. The zero-order valence-corrected chi connectivity index (χ0v) is 16.6. The first-order valence-corrected chi connectivity index (χ1v) is 10.2. The Labute approximate surface area is 164 Å². The number of carbonyl (C=O) groups excluding carboxylic acids is 2. The number of hydrogen-bond acceptors (Lipinski definition) is 5. The summed E-state index contributed by atoms with van der Waals surface area (Å²) in [4.78, 5) is 30.6. The van der Waals surface area contributed by atoms with Crippen LogP contribution in [0.4, 0.5) is 10.8 Å². The fraction of sp³-hybridized carbons (Fsp3) is 0.450. The van der Waals surface area contributed by atoms with Gasteiger partial charge in [-0.2, -0.15) is 0 Å². The Morgan fingerprint density at radius 3 is 2.81 bits per heavy atom. The molecule has 1 saturated heterocycles. The Bertz CT molecular complexity index is 775. The highest BCUT2D eigenvalue weighted by Gasteiger charge is 2.23. The van der Waals surface area contributed by atoms with Crippen molar-refractivity contribution in [2.24, 2.45) is 11.8 Å². The zero-order valence-electron chi connectivity index (χ0n) is 15.8. The monoisotopic (exact) mass is 386 g/mol. The molecule has 2 aromatic rings. The van der Waals surface area contributed by atoms with E-state index in [9.17, 15) is 9.59 Å². The average molecular weight is 387 g/mol. The number of nitrogens with zero attached hydrogens (tertiary/aromatic N) is 2. The van der Waals surface area contributed by atoms with Crippen molar-refractivity contribution >= 4 is 34.0 Å². The number of nitrogens with one attached hydrogen (secondary N) is 2. The third-order valence-electron chi connectivity index (χ3n) is 4.64. The Hall–Kier alpha value is -2.41. The van der Waals surface area contributed by atoms with Crippen LogP contribution in [0, 0.1) is 11.8 Å². The van der Waals surface area contributed by atoms with E-state index in [0.29, 0.717) is 23.3 Å². The SMILES string of the molecule is CC(C)C(=O)Nc1nc(CC(=O)NCC2CCN(c3ccccc3)C2)cs1. The lowest BCUT2D eigenvalue weighted by Crippen LogP contribution is -2.32. The van der Waals surface area contributed by atoms with Crippen LogP contribution in [0.1, 0.15) is 26.0 Å². The summed E-state index contributed by atoms with van der Waals surface area (Å²) >= 11 is 1.35. The lowest BCUT2D eigenvalue weighted by Gasteiger charge is -2.18. The molecule has 1 unspecified atom stereocenters. The van der Waals surface area contributed by atoms with Crippen molar-refractivity contribution in [3.8, 4) is 0 Å². The predicted octanol–water partition coefficient (Wildman–Crippen LogP) is 2.92. The molecule has 1 aliphatic rings. The van der Waals surface area contributed by atoms with Gasteiger partial charge in [-0.15, -0.1) is 11.3 Å². The van der Waals surface area contributed by atoms with E-state index in [2.05, 4.69) is 44.8 Å². The predicted molar refractivity (Wildman–Crippen MR) is 109 cm³/mol. The molecule has 27 heavy (non-hydrogen) atoms. The third kappa shape index (κ3) is 5.53. The average Bonchev–Trinajstić information content (AvgIpc) is 3.30. The van der Waals surface area contributed by atoms with E-state index in [1.165, 1.54) is 17.0 Å². The van der Waals surface area contributed by atoms with Gasteiger partial charge in [-0.05, 0) is 24.5 Å². The molecular weight excluding hydrogens is 360 g/mol. The molecule has 2 N–H and O–H groups in total. The molecule has 3 rings (SSSR count). The number of hydrogen-bond donors (Lipinski definition) is 2. The van der Waals surface area contributed by atoms with Crippen LogP contribution in [0.5, 0.6) is 0 Å². The van der Waals surface area contributed by atoms with Gasteiger partial charge in [-0.25, -0.2) is 4.98 Å². The molecule has 0 saturated carbocycles. The number of amides is 2. The maximum absolute atomic E-state index is 12.2. The molecule has 1 aliphatic heterocycles. The summed E-state index contributed by atoms with van der Waals surface area (Å²) in [5.41, 5.74) is 1.93. The van der Waals surface area contributed by atoms with Crippen LogP contribution >= 0.6 is 11.3 Å². The Kier molecular flexibility index (Phi) is 6.45. The van der Waals surface area contributed by atoms with Gasteiger partial charge in [0.05, 0.1) is 12.1 Å². The number of carbonyl (C=O) groups is 2. The standard InChI is InChI=1S/C20H26N4O2S/c1-14(2)19(26)23-20-22-16(13-27-20)10-18(25)21-11-15-8-9-24(12-15)17-6-4-3-5-7-17/h3-7,13-15H,8-12H2,1-2H3,(H,21,25)(H,22,23,26). The minimum Gasteiger partial charge on any atom is -0.371 e. The fourth-order valence-corrected chi connectivity index (χ4v) is 3.77. The molecule has 6 nitrogen and oxygen atoms in total. The van der Waals surface area contributed by atoms with Gasteiger partial charge in [0.15, 0.2) is 5.13 Å². The van der Waals surface area contributed by atoms with Crippen molar-refractivity contribution in [3.63, 3.8) is 0 Å². The number of para-hydroxylation sites is 1. The molecule has 7 heteroatoms. The van der Waals surface area contributed by atoms with E-state index >= 15 is 0 Å². The maximum atomic E-state index is 12.2. The summed E-state index contributed by atoms with van der Waals surface area (Å²) in [5.74, 6) is 0.276. The number of thiazole rings is 1.